The molecule has 1 fully saturated rings. The monoisotopic (exact) mass is 334 g/mol. The topological polar surface area (TPSA) is 15.3 Å². The number of hydrogen-bond donors (Lipinski definition) is 1. The number of piperazine rings is 1. The van der Waals surface area contributed by atoms with E-state index in [0.717, 1.165) is 44.6 Å². The molecule has 0 radical (unpaired) electrons. The molecular formula is C16H25Cl2FN2. The van der Waals surface area contributed by atoms with Crippen LogP contribution in [0.5, 0.6) is 0 Å². The molecule has 0 aromatic heterocycles. The van der Waals surface area contributed by atoms with E-state index in [1.165, 1.54) is 5.56 Å². The van der Waals surface area contributed by atoms with Crippen LogP contribution in [0.25, 0.3) is 0 Å². The van der Waals surface area contributed by atoms with E-state index in [4.69, 9.17) is 0 Å². The molecule has 21 heavy (non-hydrogen) atoms. The van der Waals surface area contributed by atoms with Gasteiger partial charge in [0.15, 0.2) is 0 Å². The zero-order valence-electron chi connectivity index (χ0n) is 12.5. The molecule has 1 aliphatic rings. The molecule has 0 bridgehead atoms. The fourth-order valence-electron chi connectivity index (χ4n) is 2.77. The van der Waals surface area contributed by atoms with E-state index in [9.17, 15) is 4.39 Å². The highest BCUT2D eigenvalue weighted by Crippen LogP contribution is 2.29. The highest BCUT2D eigenvalue weighted by Gasteiger charge is 2.23. The van der Waals surface area contributed by atoms with Crippen molar-refractivity contribution >= 4 is 24.8 Å². The summed E-state index contributed by atoms with van der Waals surface area (Å²) in [4.78, 5) is 2.46. The van der Waals surface area contributed by atoms with Gasteiger partial charge in [0.05, 0.1) is 0 Å². The Balaban J connectivity index is 0.00000200. The summed E-state index contributed by atoms with van der Waals surface area (Å²) < 4.78 is 13.5. The summed E-state index contributed by atoms with van der Waals surface area (Å²) in [6.45, 7) is 9.95. The van der Waals surface area contributed by atoms with Gasteiger partial charge in [-0.15, -0.1) is 31.4 Å². The molecule has 1 aromatic rings. The second-order valence-electron chi connectivity index (χ2n) is 5.17. The van der Waals surface area contributed by atoms with Crippen molar-refractivity contribution in [3.8, 4) is 0 Å². The largest absolute Gasteiger partial charge is 0.314 e. The second-order valence-corrected chi connectivity index (χ2v) is 5.17. The smallest absolute Gasteiger partial charge is 0.123 e. The average Bonchev–Trinajstić information content (AvgIpc) is 2.44. The van der Waals surface area contributed by atoms with E-state index < -0.39 is 0 Å². The molecule has 0 aliphatic carbocycles. The third kappa shape index (κ3) is 5.59. The summed E-state index contributed by atoms with van der Waals surface area (Å²) in [5.41, 5.74) is 2.30. The van der Waals surface area contributed by atoms with Gasteiger partial charge in [0.25, 0.3) is 0 Å². The van der Waals surface area contributed by atoms with Gasteiger partial charge in [0, 0.05) is 32.2 Å². The second kappa shape index (κ2) is 10.2. The van der Waals surface area contributed by atoms with Crippen LogP contribution in [0, 0.1) is 12.7 Å². The molecule has 0 saturated carbocycles. The van der Waals surface area contributed by atoms with Gasteiger partial charge in [-0.2, -0.15) is 0 Å². The van der Waals surface area contributed by atoms with Gasteiger partial charge in [-0.25, -0.2) is 4.39 Å². The fraction of sp³-hybridized carbons (Fsp3) is 0.500. The van der Waals surface area contributed by atoms with Gasteiger partial charge in [0.2, 0.25) is 0 Å². The van der Waals surface area contributed by atoms with Crippen molar-refractivity contribution < 1.29 is 4.39 Å². The molecule has 1 aromatic carbocycles. The minimum absolute atomic E-state index is 0. The Hall–Kier alpha value is -0.610. The minimum Gasteiger partial charge on any atom is -0.314 e. The average molecular weight is 335 g/mol. The molecule has 2 rings (SSSR count). The maximum Gasteiger partial charge on any atom is 0.123 e. The predicted octanol–water partition coefficient (Wildman–Crippen LogP) is 3.89. The number of allylic oxidation sites excluding steroid dienone is 1. The van der Waals surface area contributed by atoms with Crippen molar-refractivity contribution in [3.63, 3.8) is 0 Å². The molecule has 2 nitrogen and oxygen atoms in total. The number of halogens is 3. The lowest BCUT2D eigenvalue weighted by molar-refractivity contribution is 0.165. The highest BCUT2D eigenvalue weighted by molar-refractivity contribution is 5.85. The Kier molecular flexibility index (Phi) is 9.88. The molecular weight excluding hydrogens is 310 g/mol. The van der Waals surface area contributed by atoms with Crippen LogP contribution in [0.15, 0.2) is 30.9 Å². The minimum atomic E-state index is -0.140. The summed E-state index contributed by atoms with van der Waals surface area (Å²) >= 11 is 0. The SMILES string of the molecule is C=CCC[C@@H](c1cc(F)ccc1C)N1CCNCC1.Cl.Cl. The summed E-state index contributed by atoms with van der Waals surface area (Å²) in [5.74, 6) is -0.140. The third-order valence-corrected chi connectivity index (χ3v) is 3.84. The molecule has 5 heteroatoms. The molecule has 120 valence electrons. The first-order valence-corrected chi connectivity index (χ1v) is 7.04. The Morgan fingerprint density at radius 2 is 2.00 bits per heavy atom. The summed E-state index contributed by atoms with van der Waals surface area (Å²) in [7, 11) is 0. The summed E-state index contributed by atoms with van der Waals surface area (Å²) in [5, 5.41) is 3.37. The van der Waals surface area contributed by atoms with Crippen LogP contribution in [0.3, 0.4) is 0 Å². The van der Waals surface area contributed by atoms with E-state index in [-0.39, 0.29) is 30.6 Å². The molecule has 1 atom stereocenters. The van der Waals surface area contributed by atoms with Gasteiger partial charge < -0.3 is 5.32 Å². The van der Waals surface area contributed by atoms with Gasteiger partial charge in [0.1, 0.15) is 5.82 Å². The zero-order valence-corrected chi connectivity index (χ0v) is 14.1. The number of aryl methyl sites for hydroxylation is 1. The number of rotatable bonds is 5. The lowest BCUT2D eigenvalue weighted by atomic mass is 9.95. The van der Waals surface area contributed by atoms with E-state index >= 15 is 0 Å². The first kappa shape index (κ1) is 20.4. The Morgan fingerprint density at radius 3 is 2.62 bits per heavy atom. The van der Waals surface area contributed by atoms with E-state index in [1.54, 1.807) is 12.1 Å². The molecule has 0 amide bonds. The Morgan fingerprint density at radius 1 is 1.33 bits per heavy atom. The van der Waals surface area contributed by atoms with Crippen molar-refractivity contribution in [2.75, 3.05) is 26.2 Å². The van der Waals surface area contributed by atoms with Gasteiger partial charge in [-0.3, -0.25) is 4.90 Å². The van der Waals surface area contributed by atoms with Crippen molar-refractivity contribution in [2.24, 2.45) is 0 Å². The molecule has 1 saturated heterocycles. The predicted molar refractivity (Wildman–Crippen MR) is 92.2 cm³/mol. The van der Waals surface area contributed by atoms with Crippen molar-refractivity contribution in [2.45, 2.75) is 25.8 Å². The lowest BCUT2D eigenvalue weighted by Crippen LogP contribution is -2.45. The van der Waals surface area contributed by atoms with Crippen LogP contribution in [0.1, 0.15) is 30.0 Å². The third-order valence-electron chi connectivity index (χ3n) is 3.84. The highest BCUT2D eigenvalue weighted by atomic mass is 35.5. The lowest BCUT2D eigenvalue weighted by Gasteiger charge is -2.36. The molecule has 0 unspecified atom stereocenters. The Labute approximate surface area is 139 Å². The van der Waals surface area contributed by atoms with E-state index in [2.05, 4.69) is 23.7 Å². The molecule has 1 N–H and O–H groups in total. The van der Waals surface area contributed by atoms with Crippen LogP contribution in [0.4, 0.5) is 4.39 Å². The standard InChI is InChI=1S/C16H23FN2.2ClH/c1-3-4-5-16(19-10-8-18-9-11-19)15-12-14(17)7-6-13(15)2;;/h3,6-7,12,16,18H,1,4-5,8-11H2,2H3;2*1H/t16-;;/m0../s1. The maximum atomic E-state index is 13.5. The quantitative estimate of drug-likeness (QED) is 0.822. The Bertz CT molecular complexity index is 434. The van der Waals surface area contributed by atoms with Crippen LogP contribution < -0.4 is 5.32 Å². The number of hydrogen-bond acceptors (Lipinski definition) is 2. The van der Waals surface area contributed by atoms with Gasteiger partial charge in [-0.1, -0.05) is 12.1 Å². The first-order chi connectivity index (χ1) is 9.22. The van der Waals surface area contributed by atoms with Crippen molar-refractivity contribution in [3.05, 3.63) is 47.8 Å². The van der Waals surface area contributed by atoms with Gasteiger partial charge >= 0.3 is 0 Å². The van der Waals surface area contributed by atoms with Crippen molar-refractivity contribution in [1.29, 1.82) is 0 Å². The van der Waals surface area contributed by atoms with Crippen molar-refractivity contribution in [1.82, 2.24) is 10.2 Å². The van der Waals surface area contributed by atoms with Crippen LogP contribution in [0.2, 0.25) is 0 Å². The number of benzene rings is 1. The van der Waals surface area contributed by atoms with Gasteiger partial charge in [-0.05, 0) is 43.0 Å². The zero-order chi connectivity index (χ0) is 13.7. The maximum absolute atomic E-state index is 13.5. The number of nitrogens with zero attached hydrogens (tertiary/aromatic N) is 1. The van der Waals surface area contributed by atoms with E-state index in [1.807, 2.05) is 12.1 Å². The normalized spacial score (nSPS) is 16.5. The molecule has 0 spiro atoms. The number of nitrogens with one attached hydrogen (secondary N) is 1. The summed E-state index contributed by atoms with van der Waals surface area (Å²) in [6.07, 6.45) is 3.92. The van der Waals surface area contributed by atoms with Crippen LogP contribution in [-0.4, -0.2) is 31.1 Å². The van der Waals surface area contributed by atoms with Crippen LogP contribution >= 0.6 is 24.8 Å². The molecule has 1 aliphatic heterocycles. The first-order valence-electron chi connectivity index (χ1n) is 7.04. The van der Waals surface area contributed by atoms with E-state index in [0.29, 0.717) is 6.04 Å². The molecule has 1 heterocycles. The fourth-order valence-corrected chi connectivity index (χ4v) is 2.77. The summed E-state index contributed by atoms with van der Waals surface area (Å²) in [6, 6.07) is 5.43. The van der Waals surface area contributed by atoms with Crippen LogP contribution in [-0.2, 0) is 0 Å².